The Labute approximate surface area is 149 Å². The summed E-state index contributed by atoms with van der Waals surface area (Å²) < 4.78 is 39.4. The first-order valence-corrected chi connectivity index (χ1v) is 8.06. The van der Waals surface area contributed by atoms with Crippen molar-refractivity contribution in [3.8, 4) is 6.07 Å². The topological polar surface area (TPSA) is 47.3 Å². The average molecular weight is 359 g/mol. The highest BCUT2D eigenvalue weighted by atomic mass is 19.4. The van der Waals surface area contributed by atoms with Crippen LogP contribution in [0, 0.1) is 11.3 Å². The van der Waals surface area contributed by atoms with Gasteiger partial charge < -0.3 is 9.80 Å². The van der Waals surface area contributed by atoms with Gasteiger partial charge in [0, 0.05) is 25.3 Å². The second-order valence-corrected chi connectivity index (χ2v) is 6.06. The lowest BCUT2D eigenvalue weighted by molar-refractivity contribution is -0.137. The van der Waals surface area contributed by atoms with E-state index in [0.717, 1.165) is 17.7 Å². The molecule has 2 aromatic rings. The van der Waals surface area contributed by atoms with Gasteiger partial charge in [0.05, 0.1) is 23.7 Å². The maximum absolute atomic E-state index is 13.1. The summed E-state index contributed by atoms with van der Waals surface area (Å²) in [5, 5.41) is 8.88. The summed E-state index contributed by atoms with van der Waals surface area (Å²) >= 11 is 0. The SMILES string of the molecule is N#Cc1ccc(N2CCN(Cc3ccccc3)C(=O)C2)cc1C(F)(F)F. The largest absolute Gasteiger partial charge is 0.417 e. The lowest BCUT2D eigenvalue weighted by Gasteiger charge is -2.36. The molecule has 26 heavy (non-hydrogen) atoms. The molecule has 1 aliphatic heterocycles. The van der Waals surface area contributed by atoms with Gasteiger partial charge in [-0.25, -0.2) is 0 Å². The lowest BCUT2D eigenvalue weighted by Crippen LogP contribution is -2.50. The van der Waals surface area contributed by atoms with Gasteiger partial charge in [-0.05, 0) is 23.8 Å². The molecule has 7 heteroatoms. The van der Waals surface area contributed by atoms with E-state index in [1.54, 1.807) is 15.9 Å². The number of piperazine rings is 1. The van der Waals surface area contributed by atoms with Gasteiger partial charge in [0.2, 0.25) is 5.91 Å². The molecule has 1 saturated heterocycles. The van der Waals surface area contributed by atoms with Crippen molar-refractivity contribution >= 4 is 11.6 Å². The maximum Gasteiger partial charge on any atom is 0.417 e. The Kier molecular flexibility index (Phi) is 4.85. The van der Waals surface area contributed by atoms with E-state index in [-0.39, 0.29) is 12.5 Å². The molecule has 0 unspecified atom stereocenters. The van der Waals surface area contributed by atoms with Crippen LogP contribution in [0.2, 0.25) is 0 Å². The van der Waals surface area contributed by atoms with Crippen LogP contribution in [0.1, 0.15) is 16.7 Å². The summed E-state index contributed by atoms with van der Waals surface area (Å²) in [7, 11) is 0. The number of halogens is 3. The number of hydrogen-bond acceptors (Lipinski definition) is 3. The molecule has 0 saturated carbocycles. The molecule has 0 aromatic heterocycles. The fourth-order valence-corrected chi connectivity index (χ4v) is 2.96. The van der Waals surface area contributed by atoms with Gasteiger partial charge in [-0.3, -0.25) is 4.79 Å². The van der Waals surface area contributed by atoms with E-state index in [9.17, 15) is 18.0 Å². The Balaban J connectivity index is 1.75. The third kappa shape index (κ3) is 3.80. The molecule has 4 nitrogen and oxygen atoms in total. The minimum atomic E-state index is -4.61. The summed E-state index contributed by atoms with van der Waals surface area (Å²) in [6.07, 6.45) is -4.61. The van der Waals surface area contributed by atoms with E-state index in [1.165, 1.54) is 6.07 Å². The van der Waals surface area contributed by atoms with Crippen molar-refractivity contribution in [3.63, 3.8) is 0 Å². The van der Waals surface area contributed by atoms with Crippen LogP contribution < -0.4 is 4.90 Å². The zero-order valence-corrected chi connectivity index (χ0v) is 13.8. The van der Waals surface area contributed by atoms with Crippen molar-refractivity contribution in [3.05, 3.63) is 65.2 Å². The van der Waals surface area contributed by atoms with E-state index >= 15 is 0 Å². The van der Waals surface area contributed by atoms with Gasteiger partial charge in [0.1, 0.15) is 0 Å². The van der Waals surface area contributed by atoms with E-state index in [1.807, 2.05) is 30.3 Å². The first-order chi connectivity index (χ1) is 12.4. The molecule has 0 N–H and O–H groups in total. The predicted octanol–water partition coefficient (Wildman–Crippen LogP) is 3.43. The molecule has 1 amide bonds. The third-order valence-corrected chi connectivity index (χ3v) is 4.33. The van der Waals surface area contributed by atoms with Crippen molar-refractivity contribution in [2.45, 2.75) is 12.7 Å². The molecular formula is C19H16F3N3O. The second kappa shape index (κ2) is 7.08. The van der Waals surface area contributed by atoms with Crippen LogP contribution in [0.15, 0.2) is 48.5 Å². The van der Waals surface area contributed by atoms with E-state index in [2.05, 4.69) is 0 Å². The molecule has 0 radical (unpaired) electrons. The standard InChI is InChI=1S/C19H16F3N3O/c20-19(21,22)17-10-16(7-6-15(17)11-23)24-8-9-25(18(26)13-24)12-14-4-2-1-3-5-14/h1-7,10H,8-9,12-13H2. The van der Waals surface area contributed by atoms with Crippen molar-refractivity contribution in [2.24, 2.45) is 0 Å². The molecule has 0 bridgehead atoms. The quantitative estimate of drug-likeness (QED) is 0.844. The van der Waals surface area contributed by atoms with Gasteiger partial charge >= 0.3 is 6.18 Å². The summed E-state index contributed by atoms with van der Waals surface area (Å²) in [6, 6.07) is 14.6. The van der Waals surface area contributed by atoms with Crippen LogP contribution >= 0.6 is 0 Å². The van der Waals surface area contributed by atoms with Crippen molar-refractivity contribution in [1.29, 1.82) is 5.26 Å². The maximum atomic E-state index is 13.1. The number of nitrogens with zero attached hydrogens (tertiary/aromatic N) is 3. The number of benzene rings is 2. The fourth-order valence-electron chi connectivity index (χ4n) is 2.96. The van der Waals surface area contributed by atoms with Gasteiger partial charge in [0.25, 0.3) is 0 Å². The predicted molar refractivity (Wildman–Crippen MR) is 90.2 cm³/mol. The normalized spacial score (nSPS) is 15.1. The van der Waals surface area contributed by atoms with E-state index < -0.39 is 17.3 Å². The highest BCUT2D eigenvalue weighted by molar-refractivity contribution is 5.83. The monoisotopic (exact) mass is 359 g/mol. The van der Waals surface area contributed by atoms with Gasteiger partial charge in [0.15, 0.2) is 0 Å². The van der Waals surface area contributed by atoms with Crippen LogP contribution in [0.3, 0.4) is 0 Å². The summed E-state index contributed by atoms with van der Waals surface area (Å²) in [6.45, 7) is 1.35. The fraction of sp³-hybridized carbons (Fsp3) is 0.263. The number of alkyl halides is 3. The van der Waals surface area contributed by atoms with Crippen molar-refractivity contribution in [1.82, 2.24) is 4.90 Å². The van der Waals surface area contributed by atoms with E-state index in [4.69, 9.17) is 5.26 Å². The number of amides is 1. The molecule has 1 aliphatic rings. The van der Waals surface area contributed by atoms with Crippen molar-refractivity contribution in [2.75, 3.05) is 24.5 Å². The first-order valence-electron chi connectivity index (χ1n) is 8.06. The summed E-state index contributed by atoms with van der Waals surface area (Å²) in [5.74, 6) is -0.141. The Morgan fingerprint density at radius 2 is 1.81 bits per heavy atom. The Morgan fingerprint density at radius 1 is 1.08 bits per heavy atom. The second-order valence-electron chi connectivity index (χ2n) is 6.06. The van der Waals surface area contributed by atoms with Crippen molar-refractivity contribution < 1.29 is 18.0 Å². The highest BCUT2D eigenvalue weighted by Crippen LogP contribution is 2.34. The van der Waals surface area contributed by atoms with Crippen LogP contribution in [0.25, 0.3) is 0 Å². The summed E-state index contributed by atoms with van der Waals surface area (Å²) in [5.41, 5.74) is -0.0944. The molecule has 1 fully saturated rings. The smallest absolute Gasteiger partial charge is 0.360 e. The molecular weight excluding hydrogens is 343 g/mol. The number of anilines is 1. The molecule has 1 heterocycles. The first kappa shape index (κ1) is 17.8. The van der Waals surface area contributed by atoms with Crippen LogP contribution in [0.4, 0.5) is 18.9 Å². The minimum Gasteiger partial charge on any atom is -0.360 e. The van der Waals surface area contributed by atoms with Gasteiger partial charge in [-0.15, -0.1) is 0 Å². The number of rotatable bonds is 3. The lowest BCUT2D eigenvalue weighted by atomic mass is 10.1. The number of hydrogen-bond donors (Lipinski definition) is 0. The zero-order chi connectivity index (χ0) is 18.7. The molecule has 134 valence electrons. The zero-order valence-electron chi connectivity index (χ0n) is 13.8. The molecule has 0 atom stereocenters. The van der Waals surface area contributed by atoms with Crippen LogP contribution in [-0.2, 0) is 17.5 Å². The Hall–Kier alpha value is -3.01. The molecule has 0 aliphatic carbocycles. The number of carbonyl (C=O) groups is 1. The third-order valence-electron chi connectivity index (χ3n) is 4.33. The summed E-state index contributed by atoms with van der Waals surface area (Å²) in [4.78, 5) is 15.7. The molecule has 3 rings (SSSR count). The minimum absolute atomic E-state index is 0.00995. The average Bonchev–Trinajstić information content (AvgIpc) is 2.63. The van der Waals surface area contributed by atoms with E-state index in [0.29, 0.717) is 25.3 Å². The van der Waals surface area contributed by atoms with Crippen LogP contribution in [-0.4, -0.2) is 30.4 Å². The highest BCUT2D eigenvalue weighted by Gasteiger charge is 2.35. The Morgan fingerprint density at radius 3 is 2.42 bits per heavy atom. The van der Waals surface area contributed by atoms with Gasteiger partial charge in [-0.2, -0.15) is 18.4 Å². The number of carbonyl (C=O) groups excluding carboxylic acids is 1. The molecule has 2 aromatic carbocycles. The van der Waals surface area contributed by atoms with Crippen LogP contribution in [0.5, 0.6) is 0 Å². The molecule has 0 spiro atoms. The van der Waals surface area contributed by atoms with Gasteiger partial charge in [-0.1, -0.05) is 30.3 Å². The number of nitriles is 1. The Bertz CT molecular complexity index is 843.